The van der Waals surface area contributed by atoms with Crippen LogP contribution in [0.5, 0.6) is 5.75 Å². The lowest BCUT2D eigenvalue weighted by atomic mass is 9.93. The van der Waals surface area contributed by atoms with E-state index in [1.165, 1.54) is 24.3 Å². The molecule has 1 heterocycles. The van der Waals surface area contributed by atoms with Gasteiger partial charge in [-0.3, -0.25) is 4.79 Å². The molecule has 0 fully saturated rings. The number of hydrogen-bond donors (Lipinski definition) is 1. The summed E-state index contributed by atoms with van der Waals surface area (Å²) in [5.41, 5.74) is 5.36. The van der Waals surface area contributed by atoms with Gasteiger partial charge < -0.3 is 19.4 Å². The largest absolute Gasteiger partial charge is 0.497 e. The fourth-order valence-corrected chi connectivity index (χ4v) is 5.42. The average molecular weight is 573 g/mol. The number of halogens is 2. The number of rotatable bonds is 14. The van der Waals surface area contributed by atoms with Gasteiger partial charge in [0.1, 0.15) is 29.4 Å². The molecule has 3 aromatic carbocycles. The van der Waals surface area contributed by atoms with Crippen LogP contribution in [-0.2, 0) is 17.8 Å². The first-order valence-corrected chi connectivity index (χ1v) is 14.5. The van der Waals surface area contributed by atoms with Crippen LogP contribution in [0.3, 0.4) is 0 Å². The van der Waals surface area contributed by atoms with Gasteiger partial charge in [-0.05, 0) is 86.2 Å². The number of aldehydes is 1. The molecule has 7 heteroatoms. The smallest absolute Gasteiger partial charge is 0.268 e. The van der Waals surface area contributed by atoms with E-state index < -0.39 is 0 Å². The number of carbonyl (C=O) groups is 2. The summed E-state index contributed by atoms with van der Waals surface area (Å²) >= 11 is 0. The van der Waals surface area contributed by atoms with Crippen LogP contribution in [-0.4, -0.2) is 23.9 Å². The number of nitrogens with one attached hydrogen (secondary N) is 1. The highest BCUT2D eigenvalue weighted by Crippen LogP contribution is 2.42. The average Bonchev–Trinajstić information content (AvgIpc) is 3.34. The van der Waals surface area contributed by atoms with Crippen LogP contribution in [0.15, 0.2) is 72.8 Å². The molecule has 0 aliphatic rings. The maximum Gasteiger partial charge on any atom is 0.268 e. The molecular formula is C35H38F2N2O3. The summed E-state index contributed by atoms with van der Waals surface area (Å²) in [7, 11) is 1.60. The van der Waals surface area contributed by atoms with Crippen molar-refractivity contribution in [3.05, 3.63) is 101 Å². The van der Waals surface area contributed by atoms with Gasteiger partial charge in [0.25, 0.3) is 5.91 Å². The Morgan fingerprint density at radius 2 is 1.50 bits per heavy atom. The van der Waals surface area contributed by atoms with Crippen LogP contribution in [0.1, 0.15) is 73.7 Å². The Balaban J connectivity index is 1.86. The van der Waals surface area contributed by atoms with Crippen LogP contribution >= 0.6 is 0 Å². The van der Waals surface area contributed by atoms with Crippen LogP contribution < -0.4 is 10.1 Å². The van der Waals surface area contributed by atoms with E-state index in [1.54, 1.807) is 31.4 Å². The minimum atomic E-state index is -0.370. The Kier molecular flexibility index (Phi) is 10.7. The highest BCUT2D eigenvalue weighted by atomic mass is 19.1. The van der Waals surface area contributed by atoms with Crippen LogP contribution in [0.25, 0.3) is 22.3 Å². The molecule has 0 saturated heterocycles. The van der Waals surface area contributed by atoms with E-state index >= 15 is 0 Å². The number of amides is 1. The van der Waals surface area contributed by atoms with Crippen LogP contribution in [0, 0.1) is 11.6 Å². The molecule has 5 nitrogen and oxygen atoms in total. The third-order valence-corrected chi connectivity index (χ3v) is 7.38. The minimum absolute atomic E-state index is 0.0685. The summed E-state index contributed by atoms with van der Waals surface area (Å²) in [4.78, 5) is 24.9. The van der Waals surface area contributed by atoms with Crippen molar-refractivity contribution in [2.45, 2.75) is 65.0 Å². The maximum absolute atomic E-state index is 14.1. The van der Waals surface area contributed by atoms with Gasteiger partial charge in [0.05, 0.1) is 7.11 Å². The van der Waals surface area contributed by atoms with E-state index in [2.05, 4.69) is 9.88 Å². The monoisotopic (exact) mass is 572 g/mol. The molecule has 220 valence electrons. The first kappa shape index (κ1) is 30.7. The predicted octanol–water partition coefficient (Wildman–Crippen LogP) is 8.31. The second kappa shape index (κ2) is 14.6. The molecule has 0 spiro atoms. The molecule has 1 amide bonds. The molecule has 0 bridgehead atoms. The SMILES string of the molecule is COc1cccc(CNC(=O)c2c(-c3ccc(F)cc3)c(-c3ccc(F)cc3)c(CCCCCCC=O)n2C(C)C)c1. The third-order valence-electron chi connectivity index (χ3n) is 7.38. The summed E-state index contributed by atoms with van der Waals surface area (Å²) < 4.78 is 35.5. The van der Waals surface area contributed by atoms with Gasteiger partial charge in [-0.1, -0.05) is 49.2 Å². The number of carbonyl (C=O) groups excluding carboxylic acids is 2. The summed E-state index contributed by atoms with van der Waals surface area (Å²) in [6.07, 6.45) is 5.76. The number of methoxy groups -OCH3 is 1. The van der Waals surface area contributed by atoms with Crippen molar-refractivity contribution in [2.75, 3.05) is 7.11 Å². The second-order valence-electron chi connectivity index (χ2n) is 10.7. The molecule has 0 radical (unpaired) electrons. The molecular weight excluding hydrogens is 534 g/mol. The first-order valence-electron chi connectivity index (χ1n) is 14.5. The lowest BCUT2D eigenvalue weighted by Gasteiger charge is -2.18. The van der Waals surface area contributed by atoms with E-state index in [0.717, 1.165) is 54.4 Å². The highest BCUT2D eigenvalue weighted by molar-refractivity contribution is 6.05. The van der Waals surface area contributed by atoms with Crippen molar-refractivity contribution < 1.29 is 23.1 Å². The summed E-state index contributed by atoms with van der Waals surface area (Å²) in [5.74, 6) is -0.275. The second-order valence-corrected chi connectivity index (χ2v) is 10.7. The Morgan fingerprint density at radius 1 is 0.881 bits per heavy atom. The Bertz CT molecular complexity index is 1490. The van der Waals surface area contributed by atoms with Crippen LogP contribution in [0.4, 0.5) is 8.78 Å². The standard InChI is InChI=1S/C35H38F2N2O3/c1-24(2)39-31(12-7-5-4-6-8-21-40)32(26-13-17-28(36)18-14-26)33(27-15-19-29(37)20-16-27)34(39)35(41)38-23-25-10-9-11-30(22-25)42-3/h9-11,13-22,24H,4-8,12,23H2,1-3H3,(H,38,41). The predicted molar refractivity (Wildman–Crippen MR) is 163 cm³/mol. The van der Waals surface area contributed by atoms with Crippen LogP contribution in [0.2, 0.25) is 0 Å². The van der Waals surface area contributed by atoms with Crippen molar-refractivity contribution in [1.29, 1.82) is 0 Å². The lowest BCUT2D eigenvalue weighted by molar-refractivity contribution is -0.107. The normalized spacial score (nSPS) is 11.1. The molecule has 0 aliphatic heterocycles. The fraction of sp³-hybridized carbons (Fsp3) is 0.314. The molecule has 42 heavy (non-hydrogen) atoms. The molecule has 1 N–H and O–H groups in total. The molecule has 0 unspecified atom stereocenters. The molecule has 0 aliphatic carbocycles. The van der Waals surface area contributed by atoms with Gasteiger partial charge in [-0.15, -0.1) is 0 Å². The van der Waals surface area contributed by atoms with E-state index in [1.807, 2.05) is 38.1 Å². The molecule has 4 rings (SSSR count). The maximum atomic E-state index is 14.1. The summed E-state index contributed by atoms with van der Waals surface area (Å²) in [5, 5.41) is 3.09. The van der Waals surface area contributed by atoms with E-state index in [9.17, 15) is 18.4 Å². The quantitative estimate of drug-likeness (QED) is 0.122. The highest BCUT2D eigenvalue weighted by Gasteiger charge is 2.30. The fourth-order valence-electron chi connectivity index (χ4n) is 5.42. The number of aromatic nitrogens is 1. The molecule has 0 saturated carbocycles. The van der Waals surface area contributed by atoms with Gasteiger partial charge in [0.15, 0.2) is 0 Å². The topological polar surface area (TPSA) is 60.3 Å². The van der Waals surface area contributed by atoms with Gasteiger partial charge in [0.2, 0.25) is 0 Å². The molecule has 1 aromatic heterocycles. The van der Waals surface area contributed by atoms with Gasteiger partial charge in [0, 0.05) is 35.8 Å². The summed E-state index contributed by atoms with van der Waals surface area (Å²) in [6, 6.07) is 19.9. The van der Waals surface area contributed by atoms with Crippen molar-refractivity contribution >= 4 is 12.2 Å². The zero-order valence-corrected chi connectivity index (χ0v) is 24.5. The number of nitrogens with zero attached hydrogens (tertiary/aromatic N) is 1. The minimum Gasteiger partial charge on any atom is -0.497 e. The van der Waals surface area contributed by atoms with E-state index in [4.69, 9.17) is 4.74 Å². The first-order chi connectivity index (χ1) is 20.3. The molecule has 0 atom stereocenters. The van der Waals surface area contributed by atoms with Crippen molar-refractivity contribution in [1.82, 2.24) is 9.88 Å². The zero-order valence-electron chi connectivity index (χ0n) is 24.5. The molecule has 4 aromatic rings. The van der Waals surface area contributed by atoms with Gasteiger partial charge >= 0.3 is 0 Å². The van der Waals surface area contributed by atoms with Crippen molar-refractivity contribution in [2.24, 2.45) is 0 Å². The lowest BCUT2D eigenvalue weighted by Crippen LogP contribution is -2.27. The van der Waals surface area contributed by atoms with E-state index in [0.29, 0.717) is 42.0 Å². The van der Waals surface area contributed by atoms with E-state index in [-0.39, 0.29) is 23.6 Å². The number of unbranched alkanes of at least 4 members (excludes halogenated alkanes) is 4. The Hall–Kier alpha value is -4.26. The van der Waals surface area contributed by atoms with Gasteiger partial charge in [-0.25, -0.2) is 8.78 Å². The summed E-state index contributed by atoms with van der Waals surface area (Å²) in [6.45, 7) is 4.37. The zero-order chi connectivity index (χ0) is 30.1. The van der Waals surface area contributed by atoms with Crippen molar-refractivity contribution in [3.63, 3.8) is 0 Å². The number of ether oxygens (including phenoxy) is 1. The van der Waals surface area contributed by atoms with Gasteiger partial charge in [-0.2, -0.15) is 0 Å². The number of hydrogen-bond acceptors (Lipinski definition) is 3. The van der Waals surface area contributed by atoms with Crippen molar-refractivity contribution in [3.8, 4) is 28.0 Å². The Morgan fingerprint density at radius 3 is 2.10 bits per heavy atom. The Labute approximate surface area is 246 Å². The third kappa shape index (κ3) is 7.32. The number of benzene rings is 3.